The lowest BCUT2D eigenvalue weighted by atomic mass is 10.0. The number of hydrogen-bond acceptors (Lipinski definition) is 3. The molecule has 0 fully saturated rings. The predicted molar refractivity (Wildman–Crippen MR) is 113 cm³/mol. The minimum atomic E-state index is -0.0675. The molecule has 146 valence electrons. The fourth-order valence-corrected chi connectivity index (χ4v) is 3.40. The van der Waals surface area contributed by atoms with Crippen LogP contribution in [0.4, 0.5) is 5.69 Å². The first-order chi connectivity index (χ1) is 13.4. The molecule has 2 N–H and O–H groups in total. The minimum Gasteiger partial charge on any atom is -0.497 e. The van der Waals surface area contributed by atoms with Gasteiger partial charge in [-0.05, 0) is 43.2 Å². The van der Waals surface area contributed by atoms with Crippen LogP contribution in [-0.2, 0) is 11.3 Å². The summed E-state index contributed by atoms with van der Waals surface area (Å²) in [6.45, 7) is 5.05. The number of carbonyl (C=O) groups is 1. The Morgan fingerprint density at radius 2 is 2.00 bits per heavy atom. The summed E-state index contributed by atoms with van der Waals surface area (Å²) in [6.07, 6.45) is 0. The highest BCUT2D eigenvalue weighted by Crippen LogP contribution is 2.24. The summed E-state index contributed by atoms with van der Waals surface area (Å²) >= 11 is 6.43. The average molecular weight is 399 g/mol. The Morgan fingerprint density at radius 1 is 1.21 bits per heavy atom. The second kappa shape index (κ2) is 8.59. The van der Waals surface area contributed by atoms with Crippen LogP contribution in [-0.4, -0.2) is 31.6 Å². The van der Waals surface area contributed by atoms with E-state index in [1.807, 2.05) is 25.2 Å². The van der Waals surface area contributed by atoms with Crippen LogP contribution >= 0.6 is 11.6 Å². The lowest BCUT2D eigenvalue weighted by Crippen LogP contribution is -3.08. The molecule has 0 bridgehead atoms. The predicted octanol–water partition coefficient (Wildman–Crippen LogP) is 3.17. The molecule has 0 aliphatic carbocycles. The van der Waals surface area contributed by atoms with Crippen molar-refractivity contribution in [3.63, 3.8) is 0 Å². The van der Waals surface area contributed by atoms with E-state index in [2.05, 4.69) is 42.3 Å². The van der Waals surface area contributed by atoms with Crippen LogP contribution in [0.5, 0.6) is 5.75 Å². The molecule has 1 heterocycles. The van der Waals surface area contributed by atoms with Gasteiger partial charge in [0.25, 0.3) is 5.91 Å². The number of ether oxygens (including phenoxy) is 1. The van der Waals surface area contributed by atoms with Gasteiger partial charge < -0.3 is 15.0 Å². The van der Waals surface area contributed by atoms with Crippen molar-refractivity contribution < 1.29 is 14.4 Å². The molecule has 5 nitrogen and oxygen atoms in total. The number of amides is 1. The topological polar surface area (TPSA) is 55.7 Å². The Morgan fingerprint density at radius 3 is 2.75 bits per heavy atom. The largest absolute Gasteiger partial charge is 0.497 e. The summed E-state index contributed by atoms with van der Waals surface area (Å²) in [4.78, 5) is 18.0. The van der Waals surface area contributed by atoms with Crippen molar-refractivity contribution in [2.75, 3.05) is 26.0 Å². The summed E-state index contributed by atoms with van der Waals surface area (Å²) in [5.74, 6) is 0.639. The van der Waals surface area contributed by atoms with E-state index in [9.17, 15) is 4.79 Å². The Kier molecular flexibility index (Phi) is 6.17. The summed E-state index contributed by atoms with van der Waals surface area (Å²) in [5.41, 5.74) is 4.92. The van der Waals surface area contributed by atoms with Crippen molar-refractivity contribution >= 4 is 34.1 Å². The number of hydrogen-bond donors (Lipinski definition) is 2. The highest BCUT2D eigenvalue weighted by Gasteiger charge is 2.15. The third-order valence-corrected chi connectivity index (χ3v) is 5.17. The normalized spacial score (nSPS) is 12.0. The molecule has 28 heavy (non-hydrogen) atoms. The number of aryl methyl sites for hydroxylation is 2. The van der Waals surface area contributed by atoms with Crippen molar-refractivity contribution in [3.8, 4) is 5.75 Å². The first kappa shape index (κ1) is 20.1. The quantitative estimate of drug-likeness (QED) is 0.627. The third kappa shape index (κ3) is 4.61. The highest BCUT2D eigenvalue weighted by atomic mass is 35.5. The van der Waals surface area contributed by atoms with Crippen LogP contribution in [0.1, 0.15) is 16.7 Å². The molecule has 6 heteroatoms. The zero-order valence-corrected chi connectivity index (χ0v) is 17.4. The van der Waals surface area contributed by atoms with Gasteiger partial charge >= 0.3 is 0 Å². The Balaban J connectivity index is 1.68. The molecule has 3 rings (SSSR count). The molecule has 0 aliphatic rings. The maximum absolute atomic E-state index is 12.4. The molecule has 0 radical (unpaired) electrons. The van der Waals surface area contributed by atoms with Crippen LogP contribution in [0.15, 0.2) is 42.5 Å². The lowest BCUT2D eigenvalue weighted by Gasteiger charge is -2.16. The van der Waals surface area contributed by atoms with Gasteiger partial charge in [-0.15, -0.1) is 0 Å². The fraction of sp³-hybridized carbons (Fsp3) is 0.273. The number of aromatic nitrogens is 1. The van der Waals surface area contributed by atoms with E-state index in [0.717, 1.165) is 26.9 Å². The average Bonchev–Trinajstić information content (AvgIpc) is 2.66. The van der Waals surface area contributed by atoms with Crippen molar-refractivity contribution in [1.82, 2.24) is 4.98 Å². The zero-order valence-electron chi connectivity index (χ0n) is 16.6. The molecule has 1 aromatic heterocycles. The number of carbonyl (C=O) groups excluding carboxylic acids is 1. The van der Waals surface area contributed by atoms with Crippen molar-refractivity contribution in [1.29, 1.82) is 0 Å². The highest BCUT2D eigenvalue weighted by molar-refractivity contribution is 6.30. The zero-order chi connectivity index (χ0) is 20.3. The van der Waals surface area contributed by atoms with E-state index >= 15 is 0 Å². The Hall–Kier alpha value is -2.63. The van der Waals surface area contributed by atoms with E-state index in [1.54, 1.807) is 13.2 Å². The third-order valence-electron chi connectivity index (χ3n) is 4.85. The number of rotatable bonds is 6. The van der Waals surface area contributed by atoms with E-state index in [1.165, 1.54) is 5.56 Å². The summed E-state index contributed by atoms with van der Waals surface area (Å²) < 4.78 is 5.18. The van der Waals surface area contributed by atoms with E-state index in [-0.39, 0.29) is 5.91 Å². The molecule has 2 aromatic carbocycles. The second-order valence-corrected chi connectivity index (χ2v) is 7.47. The number of methoxy groups -OCH3 is 1. The molecular weight excluding hydrogens is 374 g/mol. The molecule has 0 aliphatic heterocycles. The number of quaternary nitrogens is 1. The van der Waals surface area contributed by atoms with Crippen LogP contribution in [0.3, 0.4) is 0 Å². The van der Waals surface area contributed by atoms with Gasteiger partial charge in [-0.2, -0.15) is 0 Å². The number of likely N-dealkylation sites (N-methyl/N-ethyl adjacent to an activating group) is 1. The van der Waals surface area contributed by atoms with Gasteiger partial charge in [-0.3, -0.25) is 4.79 Å². The monoisotopic (exact) mass is 398 g/mol. The molecule has 1 unspecified atom stereocenters. The smallest absolute Gasteiger partial charge is 0.279 e. The number of pyridine rings is 1. The van der Waals surface area contributed by atoms with Gasteiger partial charge in [0.15, 0.2) is 6.54 Å². The summed E-state index contributed by atoms with van der Waals surface area (Å²) in [7, 11) is 3.56. The van der Waals surface area contributed by atoms with Gasteiger partial charge in [0.1, 0.15) is 17.4 Å². The Labute approximate surface area is 170 Å². The fourth-order valence-electron chi connectivity index (χ4n) is 3.20. The second-order valence-electron chi connectivity index (χ2n) is 7.11. The molecule has 1 atom stereocenters. The van der Waals surface area contributed by atoms with E-state index in [0.29, 0.717) is 29.7 Å². The van der Waals surface area contributed by atoms with Gasteiger partial charge in [0.05, 0.1) is 19.7 Å². The van der Waals surface area contributed by atoms with E-state index < -0.39 is 0 Å². The maximum atomic E-state index is 12.4. The van der Waals surface area contributed by atoms with Crippen molar-refractivity contribution in [2.24, 2.45) is 0 Å². The number of anilines is 1. The van der Waals surface area contributed by atoms with Crippen LogP contribution < -0.4 is 15.0 Å². The van der Waals surface area contributed by atoms with E-state index in [4.69, 9.17) is 16.3 Å². The molecule has 0 saturated heterocycles. The molecule has 3 aromatic rings. The summed E-state index contributed by atoms with van der Waals surface area (Å²) in [6, 6.07) is 13.5. The molecule has 1 amide bonds. The summed E-state index contributed by atoms with van der Waals surface area (Å²) in [5, 5.41) is 4.46. The minimum absolute atomic E-state index is 0.0675. The number of fused-ring (bicyclic) bond motifs is 1. The first-order valence-corrected chi connectivity index (χ1v) is 9.55. The molecular formula is C22H25ClN3O2+. The van der Waals surface area contributed by atoms with Crippen LogP contribution in [0.25, 0.3) is 10.9 Å². The van der Waals surface area contributed by atoms with Crippen LogP contribution in [0, 0.1) is 13.8 Å². The number of nitrogens with zero attached hydrogens (tertiary/aromatic N) is 1. The van der Waals surface area contributed by atoms with Crippen molar-refractivity contribution in [2.45, 2.75) is 20.4 Å². The standard InChI is InChI=1S/C22H24ClN3O2/c1-14-8-9-16-10-17(22(23)25-21(16)15(14)2)12-26(3)13-20(27)24-18-6-5-7-19(11-18)28-4/h5-11H,12-13H2,1-4H3,(H,24,27)/p+1. The molecule has 0 spiro atoms. The van der Waals surface area contributed by atoms with Gasteiger partial charge in [0.2, 0.25) is 0 Å². The Bertz CT molecular complexity index is 1020. The van der Waals surface area contributed by atoms with Gasteiger partial charge in [-0.1, -0.05) is 29.8 Å². The number of halogens is 1. The number of benzene rings is 2. The maximum Gasteiger partial charge on any atom is 0.279 e. The van der Waals surface area contributed by atoms with Crippen LogP contribution in [0.2, 0.25) is 5.15 Å². The van der Waals surface area contributed by atoms with Gasteiger partial charge in [0, 0.05) is 22.7 Å². The first-order valence-electron chi connectivity index (χ1n) is 9.18. The lowest BCUT2D eigenvalue weighted by molar-refractivity contribution is -0.885. The number of nitrogens with one attached hydrogen (secondary N) is 2. The SMILES string of the molecule is COc1cccc(NC(=O)C[NH+](C)Cc2cc3ccc(C)c(C)c3nc2Cl)c1. The van der Waals surface area contributed by atoms with Gasteiger partial charge in [-0.25, -0.2) is 4.98 Å². The molecule has 0 saturated carbocycles. The van der Waals surface area contributed by atoms with Crippen molar-refractivity contribution in [3.05, 3.63) is 64.3 Å².